The lowest BCUT2D eigenvalue weighted by Crippen LogP contribution is -2.24. The summed E-state index contributed by atoms with van der Waals surface area (Å²) in [5.74, 6) is 0.631. The SMILES string of the molecule is CC(C)(C)c1ccc(CSc2n[nH]c(=O)[nH]c2=O)cc1. The van der Waals surface area contributed by atoms with Gasteiger partial charge >= 0.3 is 5.69 Å². The van der Waals surface area contributed by atoms with Crippen molar-refractivity contribution in [1.82, 2.24) is 15.2 Å². The number of benzene rings is 1. The molecule has 1 aromatic heterocycles. The van der Waals surface area contributed by atoms with Gasteiger partial charge in [0.15, 0.2) is 5.03 Å². The van der Waals surface area contributed by atoms with Gasteiger partial charge in [0.2, 0.25) is 0 Å². The van der Waals surface area contributed by atoms with Crippen LogP contribution in [0.3, 0.4) is 0 Å². The first-order valence-corrected chi connectivity index (χ1v) is 7.26. The van der Waals surface area contributed by atoms with Crippen LogP contribution >= 0.6 is 11.8 Å². The maximum atomic E-state index is 11.5. The normalized spacial score (nSPS) is 11.6. The van der Waals surface area contributed by atoms with Crippen molar-refractivity contribution in [3.63, 3.8) is 0 Å². The molecule has 5 nitrogen and oxygen atoms in total. The number of thioether (sulfide) groups is 1. The van der Waals surface area contributed by atoms with Gasteiger partial charge in [-0.05, 0) is 16.5 Å². The second kappa shape index (κ2) is 5.66. The number of nitrogens with zero attached hydrogens (tertiary/aromatic N) is 1. The Bertz CT molecular complexity index is 696. The molecule has 0 spiro atoms. The third-order valence-electron chi connectivity index (χ3n) is 2.88. The predicted molar refractivity (Wildman–Crippen MR) is 80.2 cm³/mol. The largest absolute Gasteiger partial charge is 0.342 e. The molecule has 2 aromatic rings. The maximum absolute atomic E-state index is 11.5. The van der Waals surface area contributed by atoms with Crippen LogP contribution in [0.1, 0.15) is 31.9 Å². The minimum atomic E-state index is -0.589. The molecule has 0 unspecified atom stereocenters. The molecule has 0 atom stereocenters. The minimum Gasteiger partial charge on any atom is -0.271 e. The van der Waals surface area contributed by atoms with Gasteiger partial charge in [-0.1, -0.05) is 56.8 Å². The first-order valence-electron chi connectivity index (χ1n) is 6.27. The van der Waals surface area contributed by atoms with E-state index in [1.807, 2.05) is 12.1 Å². The number of nitrogens with one attached hydrogen (secondary N) is 2. The molecule has 0 bridgehead atoms. The van der Waals surface area contributed by atoms with Crippen LogP contribution in [-0.4, -0.2) is 15.2 Å². The Morgan fingerprint density at radius 1 is 1.15 bits per heavy atom. The van der Waals surface area contributed by atoms with Crippen LogP contribution in [0, 0.1) is 0 Å². The fourth-order valence-electron chi connectivity index (χ4n) is 1.69. The van der Waals surface area contributed by atoms with Crippen LogP contribution in [0.5, 0.6) is 0 Å². The topological polar surface area (TPSA) is 78.6 Å². The zero-order valence-electron chi connectivity index (χ0n) is 11.7. The van der Waals surface area contributed by atoms with E-state index in [0.717, 1.165) is 5.56 Å². The van der Waals surface area contributed by atoms with E-state index in [2.05, 4.69) is 48.1 Å². The average Bonchev–Trinajstić information content (AvgIpc) is 2.37. The lowest BCUT2D eigenvalue weighted by Gasteiger charge is -2.19. The monoisotopic (exact) mass is 291 g/mol. The molecule has 0 radical (unpaired) electrons. The Kier molecular flexibility index (Phi) is 4.13. The first kappa shape index (κ1) is 14.6. The predicted octanol–water partition coefficient (Wildman–Crippen LogP) is 2.05. The molecule has 106 valence electrons. The molecular formula is C14H17N3O2S. The van der Waals surface area contributed by atoms with Gasteiger partial charge in [-0.25, -0.2) is 9.89 Å². The fourth-order valence-corrected chi connectivity index (χ4v) is 2.48. The number of aromatic amines is 2. The van der Waals surface area contributed by atoms with E-state index in [9.17, 15) is 9.59 Å². The summed E-state index contributed by atoms with van der Waals surface area (Å²) in [6.07, 6.45) is 0. The molecule has 0 aliphatic rings. The Hall–Kier alpha value is -1.82. The molecule has 0 fully saturated rings. The van der Waals surface area contributed by atoms with E-state index in [4.69, 9.17) is 0 Å². The lowest BCUT2D eigenvalue weighted by molar-refractivity contribution is 0.590. The molecule has 2 N–H and O–H groups in total. The number of aromatic nitrogens is 3. The lowest BCUT2D eigenvalue weighted by atomic mass is 9.87. The molecule has 0 aliphatic carbocycles. The molecular weight excluding hydrogens is 274 g/mol. The molecule has 6 heteroatoms. The molecule has 1 aromatic carbocycles. The van der Waals surface area contributed by atoms with Crippen LogP contribution in [0.25, 0.3) is 0 Å². The summed E-state index contributed by atoms with van der Waals surface area (Å²) in [5.41, 5.74) is 1.46. The van der Waals surface area contributed by atoms with E-state index in [0.29, 0.717) is 5.75 Å². The summed E-state index contributed by atoms with van der Waals surface area (Å²) in [5, 5.41) is 6.22. The summed E-state index contributed by atoms with van der Waals surface area (Å²) >= 11 is 1.30. The summed E-state index contributed by atoms with van der Waals surface area (Å²) in [6, 6.07) is 8.29. The number of hydrogen-bond donors (Lipinski definition) is 2. The van der Waals surface area contributed by atoms with Gasteiger partial charge in [0.05, 0.1) is 0 Å². The first-order chi connectivity index (χ1) is 9.36. The van der Waals surface area contributed by atoms with Crippen LogP contribution < -0.4 is 11.2 Å². The Balaban J connectivity index is 2.08. The molecule has 1 heterocycles. The Morgan fingerprint density at radius 2 is 1.80 bits per heavy atom. The van der Waals surface area contributed by atoms with Gasteiger partial charge in [0, 0.05) is 5.75 Å². The second-order valence-electron chi connectivity index (χ2n) is 5.55. The molecule has 0 saturated heterocycles. The van der Waals surface area contributed by atoms with Crippen molar-refractivity contribution >= 4 is 11.8 Å². The van der Waals surface area contributed by atoms with Crippen LogP contribution in [0.2, 0.25) is 0 Å². The number of hydrogen-bond acceptors (Lipinski definition) is 4. The number of H-pyrrole nitrogens is 2. The minimum absolute atomic E-state index is 0.128. The van der Waals surface area contributed by atoms with Gasteiger partial charge in [-0.2, -0.15) is 5.10 Å². The van der Waals surface area contributed by atoms with Crippen molar-refractivity contribution in [2.75, 3.05) is 0 Å². The van der Waals surface area contributed by atoms with Gasteiger partial charge in [-0.3, -0.25) is 9.78 Å². The molecule has 20 heavy (non-hydrogen) atoms. The van der Waals surface area contributed by atoms with Crippen molar-refractivity contribution in [2.24, 2.45) is 0 Å². The number of rotatable bonds is 3. The molecule has 0 aliphatic heterocycles. The van der Waals surface area contributed by atoms with Gasteiger partial charge in [0.25, 0.3) is 5.56 Å². The summed E-state index contributed by atoms with van der Waals surface area (Å²) in [6.45, 7) is 6.50. The zero-order chi connectivity index (χ0) is 14.8. The second-order valence-corrected chi connectivity index (χ2v) is 6.51. The highest BCUT2D eigenvalue weighted by Crippen LogP contribution is 2.24. The van der Waals surface area contributed by atoms with Crippen molar-refractivity contribution in [3.8, 4) is 0 Å². The third kappa shape index (κ3) is 3.60. The van der Waals surface area contributed by atoms with Gasteiger partial charge in [0.1, 0.15) is 0 Å². The summed E-state index contributed by atoms with van der Waals surface area (Å²) in [4.78, 5) is 24.5. The fraction of sp³-hybridized carbons (Fsp3) is 0.357. The highest BCUT2D eigenvalue weighted by Gasteiger charge is 2.13. The Labute approximate surface area is 120 Å². The average molecular weight is 291 g/mol. The smallest absolute Gasteiger partial charge is 0.271 e. The highest BCUT2D eigenvalue weighted by molar-refractivity contribution is 7.98. The van der Waals surface area contributed by atoms with E-state index >= 15 is 0 Å². The quantitative estimate of drug-likeness (QED) is 0.848. The maximum Gasteiger partial charge on any atom is 0.342 e. The highest BCUT2D eigenvalue weighted by atomic mass is 32.2. The molecule has 0 amide bonds. The molecule has 2 rings (SSSR count). The van der Waals surface area contributed by atoms with Crippen LogP contribution in [-0.2, 0) is 11.2 Å². The Morgan fingerprint density at radius 3 is 2.35 bits per heavy atom. The van der Waals surface area contributed by atoms with E-state index in [-0.39, 0.29) is 10.4 Å². The van der Waals surface area contributed by atoms with Crippen LogP contribution in [0.4, 0.5) is 0 Å². The van der Waals surface area contributed by atoms with Crippen molar-refractivity contribution in [2.45, 2.75) is 37.0 Å². The summed E-state index contributed by atoms with van der Waals surface area (Å²) in [7, 11) is 0. The van der Waals surface area contributed by atoms with Gasteiger partial charge < -0.3 is 0 Å². The van der Waals surface area contributed by atoms with Gasteiger partial charge in [-0.15, -0.1) is 0 Å². The third-order valence-corrected chi connectivity index (χ3v) is 3.90. The van der Waals surface area contributed by atoms with E-state index in [1.54, 1.807) is 0 Å². The van der Waals surface area contributed by atoms with Crippen LogP contribution in [0.15, 0.2) is 38.9 Å². The van der Waals surface area contributed by atoms with E-state index < -0.39 is 11.2 Å². The summed E-state index contributed by atoms with van der Waals surface area (Å²) < 4.78 is 0. The van der Waals surface area contributed by atoms with E-state index in [1.165, 1.54) is 17.3 Å². The van der Waals surface area contributed by atoms with Crippen molar-refractivity contribution in [1.29, 1.82) is 0 Å². The van der Waals surface area contributed by atoms with Crippen molar-refractivity contribution in [3.05, 3.63) is 56.2 Å². The standard InChI is InChI=1S/C14H17N3O2S/c1-14(2,3)10-6-4-9(5-7-10)8-20-12-11(18)15-13(19)17-16-12/h4-7H,8H2,1-3H3,(H2,15,17,18,19). The zero-order valence-corrected chi connectivity index (χ0v) is 12.5. The van der Waals surface area contributed by atoms with Crippen molar-refractivity contribution < 1.29 is 0 Å². The molecule has 0 saturated carbocycles.